The molecule has 0 heterocycles. The summed E-state index contributed by atoms with van der Waals surface area (Å²) in [4.78, 5) is 13.8. The van der Waals surface area contributed by atoms with Gasteiger partial charge in [0.2, 0.25) is 15.9 Å². The van der Waals surface area contributed by atoms with Crippen molar-refractivity contribution in [3.05, 3.63) is 46.5 Å². The molecule has 0 atom stereocenters. The Bertz CT molecular complexity index is 1010. The van der Waals surface area contributed by atoms with Crippen LogP contribution in [0.4, 0.5) is 5.69 Å². The van der Waals surface area contributed by atoms with Crippen LogP contribution in [0.2, 0.25) is 0 Å². The number of nitrogens with zero attached hydrogens (tertiary/aromatic N) is 1. The van der Waals surface area contributed by atoms with E-state index in [1.165, 1.54) is 73.4 Å². The lowest BCUT2D eigenvalue weighted by Crippen LogP contribution is -2.22. The molecule has 158 valence electrons. The van der Waals surface area contributed by atoms with Gasteiger partial charge in [-0.1, -0.05) is 6.07 Å². The van der Waals surface area contributed by atoms with Crippen molar-refractivity contribution >= 4 is 33.4 Å². The monoisotopic (exact) mass is 436 g/mol. The minimum absolute atomic E-state index is 0.0900. The molecule has 0 unspecified atom stereocenters. The SMILES string of the molecule is COc1ccc(S(=O)(=O)N(C)C)cc1NC(=O)CSc1c(C)c(C)cc(C)c1C. The average Bonchev–Trinajstić information content (AvgIpc) is 2.66. The number of carbonyl (C=O) groups excluding carboxylic acids is 1. The minimum Gasteiger partial charge on any atom is -0.495 e. The molecule has 2 aromatic carbocycles. The highest BCUT2D eigenvalue weighted by Crippen LogP contribution is 2.32. The predicted octanol–water partition coefficient (Wildman–Crippen LogP) is 3.91. The Labute approximate surface area is 177 Å². The van der Waals surface area contributed by atoms with E-state index in [4.69, 9.17) is 4.74 Å². The van der Waals surface area contributed by atoms with Crippen LogP contribution in [0.1, 0.15) is 22.3 Å². The Kier molecular flexibility index (Phi) is 7.37. The number of amides is 1. The quantitative estimate of drug-likeness (QED) is 0.666. The third-order valence-electron chi connectivity index (χ3n) is 4.87. The van der Waals surface area contributed by atoms with Crippen molar-refractivity contribution in [2.45, 2.75) is 37.5 Å². The van der Waals surface area contributed by atoms with Crippen molar-refractivity contribution in [2.75, 3.05) is 32.3 Å². The maximum absolute atomic E-state index is 12.6. The summed E-state index contributed by atoms with van der Waals surface area (Å²) in [6.45, 7) is 8.24. The third kappa shape index (κ3) is 5.12. The van der Waals surface area contributed by atoms with E-state index in [1.807, 2.05) is 0 Å². The van der Waals surface area contributed by atoms with Gasteiger partial charge in [-0.3, -0.25) is 4.79 Å². The number of ether oxygens (including phenoxy) is 1. The van der Waals surface area contributed by atoms with Crippen LogP contribution in [0.5, 0.6) is 5.75 Å². The van der Waals surface area contributed by atoms with E-state index in [0.29, 0.717) is 11.4 Å². The number of carbonyl (C=O) groups is 1. The number of benzene rings is 2. The van der Waals surface area contributed by atoms with Crippen molar-refractivity contribution in [3.63, 3.8) is 0 Å². The van der Waals surface area contributed by atoms with E-state index in [2.05, 4.69) is 39.1 Å². The Morgan fingerprint density at radius 1 is 1.07 bits per heavy atom. The van der Waals surface area contributed by atoms with Gasteiger partial charge in [0, 0.05) is 19.0 Å². The topological polar surface area (TPSA) is 75.7 Å². The van der Waals surface area contributed by atoms with Crippen molar-refractivity contribution in [1.82, 2.24) is 4.31 Å². The van der Waals surface area contributed by atoms with Crippen LogP contribution in [-0.4, -0.2) is 45.6 Å². The van der Waals surface area contributed by atoms with E-state index >= 15 is 0 Å². The van der Waals surface area contributed by atoms with Crippen molar-refractivity contribution < 1.29 is 17.9 Å². The minimum atomic E-state index is -3.61. The molecule has 0 aliphatic heterocycles. The summed E-state index contributed by atoms with van der Waals surface area (Å²) >= 11 is 1.48. The van der Waals surface area contributed by atoms with Crippen LogP contribution in [-0.2, 0) is 14.8 Å². The molecule has 2 aromatic rings. The number of aryl methyl sites for hydroxylation is 2. The van der Waals surface area contributed by atoms with E-state index in [0.717, 1.165) is 9.20 Å². The average molecular weight is 437 g/mol. The van der Waals surface area contributed by atoms with Crippen LogP contribution >= 0.6 is 11.8 Å². The summed E-state index contributed by atoms with van der Waals surface area (Å²) < 4.78 is 31.2. The van der Waals surface area contributed by atoms with Gasteiger partial charge < -0.3 is 10.1 Å². The van der Waals surface area contributed by atoms with Crippen molar-refractivity contribution in [1.29, 1.82) is 0 Å². The molecule has 0 fully saturated rings. The fraction of sp³-hybridized carbons (Fsp3) is 0.381. The zero-order valence-corrected chi connectivity index (χ0v) is 19.5. The van der Waals surface area contributed by atoms with Gasteiger partial charge in [0.15, 0.2) is 0 Å². The highest BCUT2D eigenvalue weighted by atomic mass is 32.2. The Hall–Kier alpha value is -2.03. The van der Waals surface area contributed by atoms with Gasteiger partial charge in [-0.15, -0.1) is 11.8 Å². The highest BCUT2D eigenvalue weighted by Gasteiger charge is 2.20. The molecule has 6 nitrogen and oxygen atoms in total. The number of nitrogens with one attached hydrogen (secondary N) is 1. The largest absolute Gasteiger partial charge is 0.495 e. The molecule has 0 spiro atoms. The van der Waals surface area contributed by atoms with Crippen LogP contribution in [0.15, 0.2) is 34.1 Å². The fourth-order valence-corrected chi connectivity index (χ4v) is 4.91. The first-order chi connectivity index (χ1) is 13.5. The van der Waals surface area contributed by atoms with Crippen LogP contribution < -0.4 is 10.1 Å². The van der Waals surface area contributed by atoms with Gasteiger partial charge >= 0.3 is 0 Å². The number of hydrogen-bond donors (Lipinski definition) is 1. The maximum Gasteiger partial charge on any atom is 0.242 e. The van der Waals surface area contributed by atoms with Crippen LogP contribution in [0, 0.1) is 27.7 Å². The zero-order chi connectivity index (χ0) is 21.9. The molecule has 29 heavy (non-hydrogen) atoms. The first kappa shape index (κ1) is 23.3. The van der Waals surface area contributed by atoms with Gasteiger partial charge in [0.25, 0.3) is 0 Å². The number of rotatable bonds is 7. The molecular formula is C21H28N2O4S2. The molecule has 0 aliphatic rings. The second-order valence-electron chi connectivity index (χ2n) is 7.08. The Balaban J connectivity index is 2.23. The molecule has 1 amide bonds. The van der Waals surface area contributed by atoms with Gasteiger partial charge in [0.1, 0.15) is 5.75 Å². The molecule has 0 radical (unpaired) electrons. The number of sulfonamides is 1. The standard InChI is InChI=1S/C21H28N2O4S2/c1-13-10-14(2)16(4)21(15(13)3)28-12-20(24)22-18-11-17(8-9-19(18)27-7)29(25,26)23(5)6/h8-11H,12H2,1-7H3,(H,22,24). The van der Waals surface area contributed by atoms with Gasteiger partial charge in [-0.2, -0.15) is 0 Å². The smallest absolute Gasteiger partial charge is 0.242 e. The van der Waals surface area contributed by atoms with E-state index in [-0.39, 0.29) is 16.6 Å². The Morgan fingerprint density at radius 2 is 1.66 bits per heavy atom. The lowest BCUT2D eigenvalue weighted by molar-refractivity contribution is -0.113. The maximum atomic E-state index is 12.6. The summed E-state index contributed by atoms with van der Waals surface area (Å²) in [5.74, 6) is 0.378. The van der Waals surface area contributed by atoms with Gasteiger partial charge in [-0.25, -0.2) is 12.7 Å². The van der Waals surface area contributed by atoms with Crippen molar-refractivity contribution in [3.8, 4) is 5.75 Å². The molecule has 2 rings (SSSR count). The molecule has 1 N–H and O–H groups in total. The third-order valence-corrected chi connectivity index (χ3v) is 7.99. The number of hydrogen-bond acceptors (Lipinski definition) is 5. The fourth-order valence-electron chi connectivity index (χ4n) is 2.88. The van der Waals surface area contributed by atoms with E-state index in [9.17, 15) is 13.2 Å². The second kappa shape index (κ2) is 9.19. The zero-order valence-electron chi connectivity index (χ0n) is 17.9. The highest BCUT2D eigenvalue weighted by molar-refractivity contribution is 8.00. The number of thioether (sulfide) groups is 1. The Morgan fingerprint density at radius 3 is 2.17 bits per heavy atom. The first-order valence-electron chi connectivity index (χ1n) is 9.09. The molecule has 0 bridgehead atoms. The molecule has 0 aliphatic carbocycles. The molecule has 0 saturated carbocycles. The summed E-state index contributed by atoms with van der Waals surface area (Å²) in [6.07, 6.45) is 0. The number of methoxy groups -OCH3 is 1. The lowest BCUT2D eigenvalue weighted by atomic mass is 10.0. The van der Waals surface area contributed by atoms with Crippen LogP contribution in [0.3, 0.4) is 0 Å². The van der Waals surface area contributed by atoms with E-state index < -0.39 is 10.0 Å². The molecular weight excluding hydrogens is 408 g/mol. The molecule has 8 heteroatoms. The summed E-state index contributed by atoms with van der Waals surface area (Å²) in [7, 11) is 0.782. The number of anilines is 1. The van der Waals surface area contributed by atoms with Gasteiger partial charge in [-0.05, 0) is 68.1 Å². The second-order valence-corrected chi connectivity index (χ2v) is 10.2. The molecule has 0 saturated heterocycles. The van der Waals surface area contributed by atoms with Crippen LogP contribution in [0.25, 0.3) is 0 Å². The normalized spacial score (nSPS) is 11.6. The summed E-state index contributed by atoms with van der Waals surface area (Å²) in [5, 5.41) is 2.78. The lowest BCUT2D eigenvalue weighted by Gasteiger charge is -2.16. The van der Waals surface area contributed by atoms with Crippen molar-refractivity contribution in [2.24, 2.45) is 0 Å². The van der Waals surface area contributed by atoms with Gasteiger partial charge in [0.05, 0.1) is 23.4 Å². The van der Waals surface area contributed by atoms with E-state index in [1.54, 1.807) is 0 Å². The first-order valence-corrected chi connectivity index (χ1v) is 11.5. The molecule has 0 aromatic heterocycles. The summed E-state index contributed by atoms with van der Waals surface area (Å²) in [5.41, 5.74) is 5.05. The predicted molar refractivity (Wildman–Crippen MR) is 119 cm³/mol. The summed E-state index contributed by atoms with van der Waals surface area (Å²) in [6, 6.07) is 6.57.